The smallest absolute Gasteiger partial charge is 0.404 e. The van der Waals surface area contributed by atoms with E-state index in [1.807, 2.05) is 6.08 Å². The average Bonchev–Trinajstić information content (AvgIpc) is 3.60. The van der Waals surface area contributed by atoms with Gasteiger partial charge >= 0.3 is 6.09 Å². The highest BCUT2D eigenvalue weighted by Gasteiger charge is 2.37. The molecule has 9 nitrogen and oxygen atoms in total. The molecule has 2 saturated carbocycles. The second-order valence-corrected chi connectivity index (χ2v) is 12.3. The van der Waals surface area contributed by atoms with Crippen LogP contribution < -0.4 is 10.0 Å². The van der Waals surface area contributed by atoms with Gasteiger partial charge in [0.15, 0.2) is 5.82 Å². The zero-order chi connectivity index (χ0) is 25.3. The van der Waals surface area contributed by atoms with Gasteiger partial charge in [-0.1, -0.05) is 6.08 Å². The molecule has 2 heterocycles. The zero-order valence-corrected chi connectivity index (χ0v) is 20.9. The van der Waals surface area contributed by atoms with Crippen molar-refractivity contribution in [1.29, 1.82) is 0 Å². The van der Waals surface area contributed by atoms with Gasteiger partial charge in [-0.05, 0) is 62.8 Å². The maximum absolute atomic E-state index is 13.2. The first-order chi connectivity index (χ1) is 17.3. The first-order valence-electron chi connectivity index (χ1n) is 11.8. The largest absolute Gasteiger partial charge is 0.465 e. The van der Waals surface area contributed by atoms with Crippen LogP contribution in [-0.4, -0.2) is 46.6 Å². The number of hydrogen-bond donors (Lipinski definition) is 3. The molecule has 5 rings (SSSR count). The standard InChI is InChI=1S/C24H26FN5O4S2/c25-15-3-10-22(26-12-15)28-17-6-9-19(20(11-17)30-36(33,34)18-7-8-18)21-13-27-23(35-21)14-1-4-16(5-2-14)29-24(31)32/h3,6,9-14,16,18-19,29-30H,1-2,4-5,7-8H2,(H,31,32). The predicted octanol–water partition coefficient (Wildman–Crippen LogP) is 4.36. The second-order valence-electron chi connectivity index (χ2n) is 9.25. The number of pyridine rings is 1. The minimum atomic E-state index is -3.50. The Morgan fingerprint density at radius 3 is 2.56 bits per heavy atom. The van der Waals surface area contributed by atoms with E-state index in [1.54, 1.807) is 29.7 Å². The fourth-order valence-electron chi connectivity index (χ4n) is 4.49. The lowest BCUT2D eigenvalue weighted by atomic mass is 9.86. The number of carboxylic acid groups (broad SMARTS) is 1. The SMILES string of the molecule is O=C(O)NC1CCC(c2ncc(C3C=CC(=Nc4ccc(F)cn4)C=C3NS(=O)(=O)C3CC3)s2)CC1. The summed E-state index contributed by atoms with van der Waals surface area (Å²) in [5, 5.41) is 12.1. The van der Waals surface area contributed by atoms with Crippen LogP contribution in [0.1, 0.15) is 60.2 Å². The van der Waals surface area contributed by atoms with Crippen molar-refractivity contribution in [2.75, 3.05) is 0 Å². The van der Waals surface area contributed by atoms with Gasteiger partial charge in [0, 0.05) is 28.7 Å². The molecule has 0 aliphatic heterocycles. The number of halogens is 1. The molecular formula is C24H26FN5O4S2. The Hall–Kier alpha value is -3.12. The lowest BCUT2D eigenvalue weighted by Gasteiger charge is -2.27. The summed E-state index contributed by atoms with van der Waals surface area (Å²) in [6.45, 7) is 0. The maximum atomic E-state index is 13.2. The monoisotopic (exact) mass is 531 g/mol. The topological polar surface area (TPSA) is 134 Å². The number of allylic oxidation sites excluding steroid dienone is 3. The van der Waals surface area contributed by atoms with Gasteiger partial charge in [0.05, 0.1) is 28.1 Å². The van der Waals surface area contributed by atoms with E-state index in [1.165, 1.54) is 12.1 Å². The molecule has 1 unspecified atom stereocenters. The van der Waals surface area contributed by atoms with Crippen LogP contribution >= 0.6 is 11.3 Å². The van der Waals surface area contributed by atoms with Crippen molar-refractivity contribution >= 4 is 39.0 Å². The normalized spacial score (nSPS) is 25.4. The molecule has 1 amide bonds. The molecule has 0 radical (unpaired) electrons. The molecular weight excluding hydrogens is 505 g/mol. The van der Waals surface area contributed by atoms with Gasteiger partial charge in [-0.25, -0.2) is 32.6 Å². The molecule has 3 aliphatic rings. The Labute approximate surface area is 212 Å². The molecule has 190 valence electrons. The van der Waals surface area contributed by atoms with E-state index in [9.17, 15) is 17.6 Å². The summed E-state index contributed by atoms with van der Waals surface area (Å²) >= 11 is 1.55. The van der Waals surface area contributed by atoms with Gasteiger partial charge in [0.25, 0.3) is 0 Å². The highest BCUT2D eigenvalue weighted by molar-refractivity contribution is 7.90. The zero-order valence-electron chi connectivity index (χ0n) is 19.3. The van der Waals surface area contributed by atoms with Gasteiger partial charge in [0.1, 0.15) is 5.82 Å². The van der Waals surface area contributed by atoms with Crippen molar-refractivity contribution in [3.05, 3.63) is 64.2 Å². The van der Waals surface area contributed by atoms with Crippen molar-refractivity contribution in [2.45, 2.75) is 61.7 Å². The van der Waals surface area contributed by atoms with E-state index in [4.69, 9.17) is 5.11 Å². The van der Waals surface area contributed by atoms with Gasteiger partial charge in [-0.15, -0.1) is 11.3 Å². The molecule has 12 heteroatoms. The summed E-state index contributed by atoms with van der Waals surface area (Å²) < 4.78 is 41.5. The molecule has 2 aromatic heterocycles. The lowest BCUT2D eigenvalue weighted by molar-refractivity contribution is 0.185. The maximum Gasteiger partial charge on any atom is 0.404 e. The van der Waals surface area contributed by atoms with E-state index in [0.29, 0.717) is 30.1 Å². The number of rotatable bonds is 7. The summed E-state index contributed by atoms with van der Waals surface area (Å²) in [5.74, 6) is -0.210. The van der Waals surface area contributed by atoms with E-state index >= 15 is 0 Å². The van der Waals surface area contributed by atoms with Crippen LogP contribution in [-0.2, 0) is 10.0 Å². The molecule has 2 aromatic rings. The summed E-state index contributed by atoms with van der Waals surface area (Å²) in [4.78, 5) is 24.8. The predicted molar refractivity (Wildman–Crippen MR) is 135 cm³/mol. The van der Waals surface area contributed by atoms with Gasteiger partial charge in [-0.2, -0.15) is 0 Å². The number of aliphatic imine (C=N–C) groups is 1. The fourth-order valence-corrected chi connectivity index (χ4v) is 7.12. The third-order valence-corrected chi connectivity index (χ3v) is 9.64. The Kier molecular flexibility index (Phi) is 6.89. The van der Waals surface area contributed by atoms with E-state index in [0.717, 1.165) is 41.8 Å². The molecule has 3 aliphatic carbocycles. The minimum Gasteiger partial charge on any atom is -0.465 e. The molecule has 0 aromatic carbocycles. The molecule has 0 saturated heterocycles. The molecule has 2 fully saturated rings. The molecule has 0 bridgehead atoms. The third-order valence-electron chi connectivity index (χ3n) is 6.53. The van der Waals surface area contributed by atoms with Crippen LogP contribution in [0.3, 0.4) is 0 Å². The molecule has 1 atom stereocenters. The number of nitrogens with zero attached hydrogens (tertiary/aromatic N) is 3. The van der Waals surface area contributed by atoms with Crippen LogP contribution in [0.2, 0.25) is 0 Å². The second kappa shape index (κ2) is 10.1. The quantitative estimate of drug-likeness (QED) is 0.486. The van der Waals surface area contributed by atoms with Gasteiger partial charge in [-0.3, -0.25) is 4.72 Å². The lowest BCUT2D eigenvalue weighted by Crippen LogP contribution is -2.36. The van der Waals surface area contributed by atoms with Crippen molar-refractivity contribution in [3.8, 4) is 0 Å². The Balaban J connectivity index is 1.36. The first-order valence-corrected chi connectivity index (χ1v) is 14.2. The van der Waals surface area contributed by atoms with Crippen LogP contribution in [0.4, 0.5) is 15.0 Å². The number of nitrogens with one attached hydrogen (secondary N) is 2. The molecule has 0 spiro atoms. The summed E-state index contributed by atoms with van der Waals surface area (Å²) in [6.07, 6.45) is 11.8. The van der Waals surface area contributed by atoms with Crippen molar-refractivity contribution in [2.24, 2.45) is 4.99 Å². The number of amides is 1. The summed E-state index contributed by atoms with van der Waals surface area (Å²) in [5.41, 5.74) is 1.00. The van der Waals surface area contributed by atoms with Crippen LogP contribution in [0.15, 0.2) is 53.4 Å². The van der Waals surface area contributed by atoms with Gasteiger partial charge < -0.3 is 10.4 Å². The van der Waals surface area contributed by atoms with Crippen LogP contribution in [0.25, 0.3) is 0 Å². The van der Waals surface area contributed by atoms with Gasteiger partial charge in [0.2, 0.25) is 10.0 Å². The van der Waals surface area contributed by atoms with E-state index in [-0.39, 0.29) is 23.1 Å². The fraction of sp³-hybridized carbons (Fsp3) is 0.417. The average molecular weight is 532 g/mol. The Morgan fingerprint density at radius 1 is 1.11 bits per heavy atom. The number of sulfonamides is 1. The molecule has 36 heavy (non-hydrogen) atoms. The first kappa shape index (κ1) is 24.6. The van der Waals surface area contributed by atoms with Crippen molar-refractivity contribution in [1.82, 2.24) is 20.0 Å². The number of thiazole rings is 1. The number of hydrogen-bond acceptors (Lipinski definition) is 7. The van der Waals surface area contributed by atoms with Crippen molar-refractivity contribution in [3.63, 3.8) is 0 Å². The minimum absolute atomic E-state index is 0.0286. The number of carbonyl (C=O) groups is 1. The third kappa shape index (κ3) is 5.81. The Bertz CT molecular complexity index is 1320. The highest BCUT2D eigenvalue weighted by atomic mass is 32.2. The summed E-state index contributed by atoms with van der Waals surface area (Å²) in [6, 6.07) is 2.70. The Morgan fingerprint density at radius 2 is 1.89 bits per heavy atom. The van der Waals surface area contributed by atoms with Crippen molar-refractivity contribution < 1.29 is 22.7 Å². The highest BCUT2D eigenvalue weighted by Crippen LogP contribution is 2.39. The van der Waals surface area contributed by atoms with E-state index in [2.05, 4.69) is 25.0 Å². The van der Waals surface area contributed by atoms with E-state index < -0.39 is 21.9 Å². The number of aromatic nitrogens is 2. The van der Waals surface area contributed by atoms with Crippen LogP contribution in [0.5, 0.6) is 0 Å². The van der Waals surface area contributed by atoms with Crippen LogP contribution in [0, 0.1) is 5.82 Å². The molecule has 3 N–H and O–H groups in total. The summed E-state index contributed by atoms with van der Waals surface area (Å²) in [7, 11) is -3.50.